The Labute approximate surface area is 68.2 Å². The smallest absolute Gasteiger partial charge is 0.142 e. The second-order valence-electron chi connectivity index (χ2n) is 4.45. The van der Waals surface area contributed by atoms with Crippen LogP contribution in [-0.4, -0.2) is 5.78 Å². The minimum absolute atomic E-state index is 0.154. The van der Waals surface area contributed by atoms with E-state index < -0.39 is 0 Å². The number of carbonyl (C=O) groups is 1. The van der Waals surface area contributed by atoms with E-state index in [0.717, 1.165) is 0 Å². The summed E-state index contributed by atoms with van der Waals surface area (Å²) in [7, 11) is 0. The van der Waals surface area contributed by atoms with E-state index in [1.807, 2.05) is 0 Å². The molecule has 0 radical (unpaired) electrons. The molecule has 0 aromatic carbocycles. The summed E-state index contributed by atoms with van der Waals surface area (Å²) in [5.41, 5.74) is 0.154. The summed E-state index contributed by atoms with van der Waals surface area (Å²) in [5, 5.41) is 0. The Hall–Kier alpha value is -0.330. The molecule has 11 heavy (non-hydrogen) atoms. The van der Waals surface area contributed by atoms with Gasteiger partial charge in [-0.3, -0.25) is 4.79 Å². The van der Waals surface area contributed by atoms with Crippen molar-refractivity contribution in [2.45, 2.75) is 39.5 Å². The molecule has 2 fully saturated rings. The van der Waals surface area contributed by atoms with Gasteiger partial charge >= 0.3 is 0 Å². The van der Waals surface area contributed by atoms with Crippen molar-refractivity contribution in [1.82, 2.24) is 0 Å². The summed E-state index contributed by atoms with van der Waals surface area (Å²) in [6, 6.07) is 0. The first-order valence-electron chi connectivity index (χ1n) is 4.71. The predicted octanol–water partition coefficient (Wildman–Crippen LogP) is 2.40. The zero-order valence-electron chi connectivity index (χ0n) is 7.39. The number of hydrogen-bond acceptors (Lipinski definition) is 1. The molecule has 0 heterocycles. The van der Waals surface area contributed by atoms with Gasteiger partial charge < -0.3 is 0 Å². The third-order valence-electron chi connectivity index (χ3n) is 3.33. The predicted molar refractivity (Wildman–Crippen MR) is 44.2 cm³/mol. The second-order valence-corrected chi connectivity index (χ2v) is 4.45. The van der Waals surface area contributed by atoms with Gasteiger partial charge in [-0.25, -0.2) is 0 Å². The molecule has 0 unspecified atom stereocenters. The number of carbonyl (C=O) groups excluding carboxylic acids is 1. The summed E-state index contributed by atoms with van der Waals surface area (Å²) >= 11 is 0. The Morgan fingerprint density at radius 3 is 2.18 bits per heavy atom. The highest BCUT2D eigenvalue weighted by Gasteiger charge is 2.55. The van der Waals surface area contributed by atoms with Crippen LogP contribution in [0.15, 0.2) is 0 Å². The molecule has 62 valence electrons. The van der Waals surface area contributed by atoms with E-state index in [9.17, 15) is 4.79 Å². The molecule has 2 aliphatic rings. The van der Waals surface area contributed by atoms with Gasteiger partial charge in [0.05, 0.1) is 0 Å². The van der Waals surface area contributed by atoms with E-state index >= 15 is 0 Å². The summed E-state index contributed by atoms with van der Waals surface area (Å²) in [5.74, 6) is 1.64. The van der Waals surface area contributed by atoms with Crippen LogP contribution in [0.2, 0.25) is 0 Å². The first-order chi connectivity index (χ1) is 5.17. The third-order valence-corrected chi connectivity index (χ3v) is 3.33. The Morgan fingerprint density at radius 1 is 1.36 bits per heavy atom. The normalized spacial score (nSPS) is 27.2. The zero-order chi connectivity index (χ0) is 8.06. The molecular formula is C10H16O. The van der Waals surface area contributed by atoms with Crippen LogP contribution in [0.5, 0.6) is 0 Å². The molecule has 0 aromatic heterocycles. The Morgan fingerprint density at radius 2 is 1.91 bits per heavy atom. The highest BCUT2D eigenvalue weighted by atomic mass is 16.1. The highest BCUT2D eigenvalue weighted by molar-refractivity contribution is 5.91. The largest absolute Gasteiger partial charge is 0.299 e. The molecule has 0 amide bonds. The van der Waals surface area contributed by atoms with Crippen LogP contribution in [0.25, 0.3) is 0 Å². The summed E-state index contributed by atoms with van der Waals surface area (Å²) in [6.45, 7) is 4.38. The van der Waals surface area contributed by atoms with Gasteiger partial charge in [-0.05, 0) is 31.6 Å². The van der Waals surface area contributed by atoms with Crippen molar-refractivity contribution >= 4 is 5.78 Å². The second kappa shape index (κ2) is 2.09. The van der Waals surface area contributed by atoms with Gasteiger partial charge in [0.25, 0.3) is 0 Å². The van der Waals surface area contributed by atoms with Crippen LogP contribution < -0.4 is 0 Å². The summed E-state index contributed by atoms with van der Waals surface area (Å²) < 4.78 is 0. The maximum Gasteiger partial charge on any atom is 0.142 e. The van der Waals surface area contributed by atoms with E-state index in [1.54, 1.807) is 0 Å². The van der Waals surface area contributed by atoms with E-state index in [0.29, 0.717) is 17.6 Å². The Kier molecular flexibility index (Phi) is 1.39. The molecule has 0 bridgehead atoms. The third kappa shape index (κ3) is 1.02. The molecule has 0 aromatic rings. The molecule has 0 N–H and O–H groups in total. The van der Waals surface area contributed by atoms with Gasteiger partial charge in [0.15, 0.2) is 0 Å². The number of rotatable bonds is 3. The monoisotopic (exact) mass is 152 g/mol. The van der Waals surface area contributed by atoms with Crippen molar-refractivity contribution in [3.63, 3.8) is 0 Å². The van der Waals surface area contributed by atoms with E-state index in [4.69, 9.17) is 0 Å². The van der Waals surface area contributed by atoms with Crippen molar-refractivity contribution < 1.29 is 4.79 Å². The van der Waals surface area contributed by atoms with Crippen molar-refractivity contribution in [3.8, 4) is 0 Å². The average molecular weight is 152 g/mol. The molecule has 1 heteroatoms. The highest BCUT2D eigenvalue weighted by Crippen LogP contribution is 2.56. The van der Waals surface area contributed by atoms with Crippen LogP contribution in [0.3, 0.4) is 0 Å². The van der Waals surface area contributed by atoms with Crippen LogP contribution in [-0.2, 0) is 4.79 Å². The quantitative estimate of drug-likeness (QED) is 0.607. The molecule has 2 aliphatic carbocycles. The average Bonchev–Trinajstić information content (AvgIpc) is 2.84. The van der Waals surface area contributed by atoms with E-state index in [1.165, 1.54) is 25.7 Å². The van der Waals surface area contributed by atoms with Crippen molar-refractivity contribution in [1.29, 1.82) is 0 Å². The number of Topliss-reactive ketones (excluding diaryl/α,β-unsaturated/α-hetero) is 1. The Bertz CT molecular complexity index is 185. The zero-order valence-corrected chi connectivity index (χ0v) is 7.39. The van der Waals surface area contributed by atoms with Crippen molar-refractivity contribution in [2.24, 2.45) is 17.3 Å². The van der Waals surface area contributed by atoms with Crippen LogP contribution >= 0.6 is 0 Å². The Balaban J connectivity index is 2.07. The first kappa shape index (κ1) is 7.33. The molecule has 0 aliphatic heterocycles. The lowest BCUT2D eigenvalue weighted by molar-refractivity contribution is -0.126. The fourth-order valence-corrected chi connectivity index (χ4v) is 1.99. The van der Waals surface area contributed by atoms with E-state index in [2.05, 4.69) is 13.8 Å². The fraction of sp³-hybridized carbons (Fsp3) is 0.900. The fourth-order valence-electron chi connectivity index (χ4n) is 1.99. The molecule has 0 saturated heterocycles. The molecule has 2 rings (SSSR count). The molecule has 1 nitrogen and oxygen atoms in total. The number of hydrogen-bond donors (Lipinski definition) is 0. The van der Waals surface area contributed by atoms with Gasteiger partial charge in [0.1, 0.15) is 5.78 Å². The lowest BCUT2D eigenvalue weighted by Crippen LogP contribution is -2.23. The molecule has 0 atom stereocenters. The first-order valence-corrected chi connectivity index (χ1v) is 4.71. The standard InChI is InChI=1S/C10H16O/c1-7(2)10(5-6-10)9(11)8-3-4-8/h7-8H,3-6H2,1-2H3. The van der Waals surface area contributed by atoms with Crippen molar-refractivity contribution in [2.75, 3.05) is 0 Å². The van der Waals surface area contributed by atoms with Gasteiger partial charge in [-0.15, -0.1) is 0 Å². The van der Waals surface area contributed by atoms with Crippen LogP contribution in [0, 0.1) is 17.3 Å². The lowest BCUT2D eigenvalue weighted by atomic mass is 9.86. The molecule has 0 spiro atoms. The van der Waals surface area contributed by atoms with Gasteiger partial charge in [-0.2, -0.15) is 0 Å². The molecular weight excluding hydrogens is 136 g/mol. The van der Waals surface area contributed by atoms with Crippen LogP contribution in [0.1, 0.15) is 39.5 Å². The van der Waals surface area contributed by atoms with Gasteiger partial charge in [0, 0.05) is 11.3 Å². The summed E-state index contributed by atoms with van der Waals surface area (Å²) in [6.07, 6.45) is 4.68. The summed E-state index contributed by atoms with van der Waals surface area (Å²) in [4.78, 5) is 11.7. The maximum atomic E-state index is 11.7. The SMILES string of the molecule is CC(C)C1(C(=O)C2CC2)CC1. The van der Waals surface area contributed by atoms with Gasteiger partial charge in [-0.1, -0.05) is 13.8 Å². The molecule has 2 saturated carbocycles. The maximum absolute atomic E-state index is 11.7. The minimum atomic E-state index is 0.154. The lowest BCUT2D eigenvalue weighted by Gasteiger charge is -2.17. The van der Waals surface area contributed by atoms with Gasteiger partial charge in [0.2, 0.25) is 0 Å². The van der Waals surface area contributed by atoms with Crippen molar-refractivity contribution in [3.05, 3.63) is 0 Å². The topological polar surface area (TPSA) is 17.1 Å². The number of ketones is 1. The minimum Gasteiger partial charge on any atom is -0.299 e. The van der Waals surface area contributed by atoms with E-state index in [-0.39, 0.29) is 5.41 Å². The van der Waals surface area contributed by atoms with Crippen LogP contribution in [0.4, 0.5) is 0 Å².